The number of non-ortho nitro benzene ring substituents is 1. The van der Waals surface area contributed by atoms with Crippen molar-refractivity contribution in [2.45, 2.75) is 0 Å². The minimum Gasteiger partial charge on any atom is -0.497 e. The van der Waals surface area contributed by atoms with Gasteiger partial charge >= 0.3 is 5.97 Å². The molecule has 2 aromatic carbocycles. The highest BCUT2D eigenvalue weighted by atomic mass is 32.1. The minimum atomic E-state index is -1.13. The molecule has 0 aliphatic carbocycles. The molecule has 0 bridgehead atoms. The molecule has 3 aromatic rings. The zero-order valence-corrected chi connectivity index (χ0v) is 13.2. The molecule has 0 radical (unpaired) electrons. The molecule has 1 heterocycles. The van der Waals surface area contributed by atoms with Gasteiger partial charge in [0.05, 0.1) is 18.1 Å². The number of rotatable bonds is 5. The number of ether oxygens (including phenoxy) is 2. The quantitative estimate of drug-likeness (QED) is 0.546. The summed E-state index contributed by atoms with van der Waals surface area (Å²) in [6.07, 6.45) is 0. The molecule has 0 saturated carbocycles. The minimum absolute atomic E-state index is 0.0183. The number of carboxylic acids is 1. The SMILES string of the molecule is COc1ccc2sc(C(=O)O)c(Oc3cccc([N+](=O)[O-])c3)c2c1. The van der Waals surface area contributed by atoms with Crippen LogP contribution >= 0.6 is 11.3 Å². The van der Waals surface area contributed by atoms with Gasteiger partial charge in [0.2, 0.25) is 0 Å². The number of nitro groups is 1. The molecule has 0 unspecified atom stereocenters. The van der Waals surface area contributed by atoms with Gasteiger partial charge in [0.1, 0.15) is 11.5 Å². The Morgan fingerprint density at radius 3 is 2.67 bits per heavy atom. The lowest BCUT2D eigenvalue weighted by Gasteiger charge is -2.06. The molecule has 122 valence electrons. The summed E-state index contributed by atoms with van der Waals surface area (Å²) in [4.78, 5) is 21.8. The van der Waals surface area contributed by atoms with E-state index < -0.39 is 10.9 Å². The molecule has 0 atom stereocenters. The molecule has 0 aliphatic heterocycles. The maximum atomic E-state index is 11.5. The van der Waals surface area contributed by atoms with Crippen LogP contribution in [0.4, 0.5) is 5.69 Å². The van der Waals surface area contributed by atoms with Crippen LogP contribution < -0.4 is 9.47 Å². The normalized spacial score (nSPS) is 10.5. The Morgan fingerprint density at radius 2 is 2.00 bits per heavy atom. The summed E-state index contributed by atoms with van der Waals surface area (Å²) in [6, 6.07) is 10.7. The molecule has 0 amide bonds. The molecular formula is C16H11NO6S. The van der Waals surface area contributed by atoms with E-state index in [-0.39, 0.29) is 22.1 Å². The van der Waals surface area contributed by atoms with Gasteiger partial charge < -0.3 is 14.6 Å². The molecule has 0 saturated heterocycles. The van der Waals surface area contributed by atoms with Gasteiger partial charge in [0.15, 0.2) is 10.6 Å². The molecule has 0 aliphatic rings. The van der Waals surface area contributed by atoms with Crippen molar-refractivity contribution in [3.05, 3.63) is 57.5 Å². The first kappa shape index (κ1) is 15.8. The Labute approximate surface area is 139 Å². The van der Waals surface area contributed by atoms with Crippen LogP contribution in [-0.4, -0.2) is 23.1 Å². The topological polar surface area (TPSA) is 98.9 Å². The molecule has 0 fully saturated rings. The Hall–Kier alpha value is -3.13. The van der Waals surface area contributed by atoms with E-state index in [0.29, 0.717) is 15.8 Å². The standard InChI is InChI=1S/C16H11NO6S/c1-22-10-5-6-13-12(8-10)14(15(24-13)16(18)19)23-11-4-2-3-9(7-11)17(20)21/h2-8H,1H3,(H,18,19). The number of aromatic carboxylic acids is 1. The van der Waals surface area contributed by atoms with Crippen LogP contribution in [0.3, 0.4) is 0 Å². The van der Waals surface area contributed by atoms with Crippen molar-refractivity contribution in [2.24, 2.45) is 0 Å². The fraction of sp³-hybridized carbons (Fsp3) is 0.0625. The van der Waals surface area contributed by atoms with Crippen LogP contribution in [0.1, 0.15) is 9.67 Å². The third kappa shape index (κ3) is 2.86. The number of carbonyl (C=O) groups is 1. The monoisotopic (exact) mass is 345 g/mol. The fourth-order valence-electron chi connectivity index (χ4n) is 2.20. The van der Waals surface area contributed by atoms with Crippen molar-refractivity contribution >= 4 is 33.1 Å². The lowest BCUT2D eigenvalue weighted by molar-refractivity contribution is -0.384. The average molecular weight is 345 g/mol. The van der Waals surface area contributed by atoms with Crippen LogP contribution in [0.2, 0.25) is 0 Å². The molecule has 24 heavy (non-hydrogen) atoms. The number of hydrogen-bond acceptors (Lipinski definition) is 6. The van der Waals surface area contributed by atoms with Crippen molar-refractivity contribution in [1.82, 2.24) is 0 Å². The second kappa shape index (κ2) is 6.17. The van der Waals surface area contributed by atoms with Crippen molar-refractivity contribution < 1.29 is 24.3 Å². The summed E-state index contributed by atoms with van der Waals surface area (Å²) in [5, 5.41) is 20.8. The molecular weight excluding hydrogens is 334 g/mol. The number of methoxy groups -OCH3 is 1. The van der Waals surface area contributed by atoms with E-state index in [4.69, 9.17) is 9.47 Å². The molecule has 1 aromatic heterocycles. The second-order valence-corrected chi connectivity index (χ2v) is 5.84. The van der Waals surface area contributed by atoms with E-state index in [2.05, 4.69) is 0 Å². The van der Waals surface area contributed by atoms with Crippen LogP contribution in [0.15, 0.2) is 42.5 Å². The lowest BCUT2D eigenvalue weighted by atomic mass is 10.2. The second-order valence-electron chi connectivity index (χ2n) is 4.78. The summed E-state index contributed by atoms with van der Waals surface area (Å²) < 4.78 is 11.6. The predicted molar refractivity (Wildman–Crippen MR) is 88.5 cm³/mol. The first-order valence-corrected chi connectivity index (χ1v) is 7.57. The molecule has 8 heteroatoms. The lowest BCUT2D eigenvalue weighted by Crippen LogP contribution is -1.96. The number of nitro benzene ring substituents is 1. The maximum absolute atomic E-state index is 11.5. The number of hydrogen-bond donors (Lipinski definition) is 1. The average Bonchev–Trinajstić information content (AvgIpc) is 2.93. The van der Waals surface area contributed by atoms with Gasteiger partial charge in [-0.3, -0.25) is 10.1 Å². The summed E-state index contributed by atoms with van der Waals surface area (Å²) in [5.74, 6) is -0.243. The van der Waals surface area contributed by atoms with Gasteiger partial charge in [0.25, 0.3) is 5.69 Å². The van der Waals surface area contributed by atoms with Gasteiger partial charge in [-0.1, -0.05) is 6.07 Å². The summed E-state index contributed by atoms with van der Waals surface area (Å²) in [7, 11) is 1.51. The third-order valence-electron chi connectivity index (χ3n) is 3.29. The smallest absolute Gasteiger partial charge is 0.349 e. The number of nitrogens with zero attached hydrogens (tertiary/aromatic N) is 1. The molecule has 7 nitrogen and oxygen atoms in total. The maximum Gasteiger partial charge on any atom is 0.349 e. The van der Waals surface area contributed by atoms with Crippen LogP contribution in [0, 0.1) is 10.1 Å². The highest BCUT2D eigenvalue weighted by Gasteiger charge is 2.21. The Bertz CT molecular complexity index is 949. The van der Waals surface area contributed by atoms with E-state index in [9.17, 15) is 20.0 Å². The Balaban J connectivity index is 2.13. The Kier molecular flexibility index (Phi) is 4.05. The first-order valence-electron chi connectivity index (χ1n) is 6.75. The van der Waals surface area contributed by atoms with Gasteiger partial charge in [-0.15, -0.1) is 11.3 Å². The molecule has 1 N–H and O–H groups in total. The van der Waals surface area contributed by atoms with E-state index in [1.165, 1.54) is 31.4 Å². The Morgan fingerprint density at radius 1 is 1.21 bits per heavy atom. The van der Waals surface area contributed by atoms with E-state index in [1.807, 2.05) is 0 Å². The van der Waals surface area contributed by atoms with Crippen molar-refractivity contribution in [3.63, 3.8) is 0 Å². The number of fused-ring (bicyclic) bond motifs is 1. The largest absolute Gasteiger partial charge is 0.497 e. The molecule has 3 rings (SSSR count). The number of benzene rings is 2. The van der Waals surface area contributed by atoms with Crippen LogP contribution in [0.25, 0.3) is 10.1 Å². The van der Waals surface area contributed by atoms with Crippen molar-refractivity contribution in [2.75, 3.05) is 7.11 Å². The number of carboxylic acid groups (broad SMARTS) is 1. The molecule has 0 spiro atoms. The third-order valence-corrected chi connectivity index (χ3v) is 4.43. The predicted octanol–water partition coefficient (Wildman–Crippen LogP) is 4.31. The number of thiophene rings is 1. The summed E-state index contributed by atoms with van der Waals surface area (Å²) in [6.45, 7) is 0. The van der Waals surface area contributed by atoms with E-state index in [0.717, 1.165) is 11.3 Å². The van der Waals surface area contributed by atoms with Crippen LogP contribution in [0.5, 0.6) is 17.2 Å². The summed E-state index contributed by atoms with van der Waals surface area (Å²) >= 11 is 1.07. The fourth-order valence-corrected chi connectivity index (χ4v) is 3.15. The zero-order valence-electron chi connectivity index (χ0n) is 12.4. The first-order chi connectivity index (χ1) is 11.5. The highest BCUT2D eigenvalue weighted by molar-refractivity contribution is 7.21. The van der Waals surface area contributed by atoms with Gasteiger partial charge in [-0.05, 0) is 24.3 Å². The van der Waals surface area contributed by atoms with E-state index in [1.54, 1.807) is 18.2 Å². The van der Waals surface area contributed by atoms with Crippen LogP contribution in [-0.2, 0) is 0 Å². The highest BCUT2D eigenvalue weighted by Crippen LogP contribution is 2.42. The van der Waals surface area contributed by atoms with Gasteiger partial charge in [-0.2, -0.15) is 0 Å². The summed E-state index contributed by atoms with van der Waals surface area (Å²) in [5.41, 5.74) is -0.138. The zero-order chi connectivity index (χ0) is 17.3. The van der Waals surface area contributed by atoms with Crippen molar-refractivity contribution in [3.8, 4) is 17.2 Å². The van der Waals surface area contributed by atoms with Gasteiger partial charge in [0, 0.05) is 16.2 Å². The van der Waals surface area contributed by atoms with E-state index >= 15 is 0 Å². The van der Waals surface area contributed by atoms with Crippen molar-refractivity contribution in [1.29, 1.82) is 0 Å². The van der Waals surface area contributed by atoms with Gasteiger partial charge in [-0.25, -0.2) is 4.79 Å².